The fraction of sp³-hybridized carbons (Fsp3) is 0.190. The summed E-state index contributed by atoms with van der Waals surface area (Å²) in [5.41, 5.74) is 3.41. The van der Waals surface area contributed by atoms with Crippen LogP contribution in [-0.4, -0.2) is 38.9 Å². The number of carbonyl (C=O) groups excluding carboxylic acids is 1. The van der Waals surface area contributed by atoms with Crippen molar-refractivity contribution in [1.82, 2.24) is 19.9 Å². The maximum Gasteiger partial charge on any atom is 0.258 e. The van der Waals surface area contributed by atoms with Crippen LogP contribution >= 0.6 is 23.2 Å². The Bertz CT molecular complexity index is 1120. The van der Waals surface area contributed by atoms with Crippen molar-refractivity contribution in [2.24, 2.45) is 0 Å². The van der Waals surface area contributed by atoms with E-state index in [1.807, 2.05) is 0 Å². The van der Waals surface area contributed by atoms with Crippen molar-refractivity contribution in [1.29, 1.82) is 0 Å². The van der Waals surface area contributed by atoms with Gasteiger partial charge in [0.05, 0.1) is 28.7 Å². The number of hydrogen-bond donors (Lipinski definition) is 1. The molecular weight excluding hydrogens is 423 g/mol. The summed E-state index contributed by atoms with van der Waals surface area (Å²) >= 11 is 12.3. The zero-order valence-electron chi connectivity index (χ0n) is 16.1. The Morgan fingerprint density at radius 1 is 1.07 bits per heavy atom. The van der Waals surface area contributed by atoms with Crippen LogP contribution in [-0.2, 0) is 0 Å². The molecular formula is C21H18Cl2N6O. The Kier molecular flexibility index (Phi) is 5.92. The Morgan fingerprint density at radius 2 is 1.87 bits per heavy atom. The molecule has 0 saturated heterocycles. The van der Waals surface area contributed by atoms with Gasteiger partial charge >= 0.3 is 0 Å². The minimum Gasteiger partial charge on any atom is -0.349 e. The van der Waals surface area contributed by atoms with Crippen molar-refractivity contribution in [2.75, 3.05) is 23.3 Å². The van der Waals surface area contributed by atoms with Crippen LogP contribution in [0, 0.1) is 0 Å². The fourth-order valence-electron chi connectivity index (χ4n) is 3.24. The van der Waals surface area contributed by atoms with Crippen LogP contribution in [0.5, 0.6) is 0 Å². The predicted molar refractivity (Wildman–Crippen MR) is 118 cm³/mol. The van der Waals surface area contributed by atoms with Gasteiger partial charge in [-0.2, -0.15) is 0 Å². The second kappa shape index (κ2) is 8.77. The highest BCUT2D eigenvalue weighted by molar-refractivity contribution is 6.34. The number of amides is 1. The number of nitrogens with zero attached hydrogens (tertiary/aromatic N) is 5. The van der Waals surface area contributed by atoms with Crippen LogP contribution < -0.4 is 10.2 Å². The van der Waals surface area contributed by atoms with Gasteiger partial charge in [0.15, 0.2) is 16.8 Å². The molecule has 2 aromatic heterocycles. The molecule has 0 radical (unpaired) electrons. The van der Waals surface area contributed by atoms with Gasteiger partial charge in [0.1, 0.15) is 0 Å². The molecule has 0 spiro atoms. The summed E-state index contributed by atoms with van der Waals surface area (Å²) in [5, 5.41) is 3.48. The molecule has 3 heterocycles. The average Bonchev–Trinajstić information content (AvgIpc) is 2.75. The molecule has 0 unspecified atom stereocenters. The first-order valence-electron chi connectivity index (χ1n) is 9.31. The van der Waals surface area contributed by atoms with Gasteiger partial charge in [-0.15, -0.1) is 0 Å². The number of hydrogen-bond acceptors (Lipinski definition) is 6. The lowest BCUT2D eigenvalue weighted by molar-refractivity contribution is 0.102. The van der Waals surface area contributed by atoms with Crippen molar-refractivity contribution < 1.29 is 4.79 Å². The average molecular weight is 441 g/mol. The number of benzene rings is 1. The van der Waals surface area contributed by atoms with E-state index in [0.29, 0.717) is 33.9 Å². The summed E-state index contributed by atoms with van der Waals surface area (Å²) in [5.74, 6) is 0.673. The molecule has 1 N–H and O–H groups in total. The normalized spacial score (nSPS) is 14.0. The first-order chi connectivity index (χ1) is 14.5. The predicted octanol–water partition coefficient (Wildman–Crippen LogP) is 4.51. The van der Waals surface area contributed by atoms with Crippen LogP contribution in [0.15, 0.2) is 54.6 Å². The van der Waals surface area contributed by atoms with E-state index in [1.165, 1.54) is 5.57 Å². The molecule has 1 amide bonds. The summed E-state index contributed by atoms with van der Waals surface area (Å²) in [6.07, 6.45) is 7.25. The lowest BCUT2D eigenvalue weighted by Gasteiger charge is -2.30. The molecule has 3 aromatic rings. The molecule has 9 heteroatoms. The van der Waals surface area contributed by atoms with Gasteiger partial charge in [-0.05, 0) is 31.1 Å². The molecule has 0 aliphatic carbocycles. The molecule has 1 aliphatic heterocycles. The van der Waals surface area contributed by atoms with E-state index in [1.54, 1.807) is 49.1 Å². The van der Waals surface area contributed by atoms with Crippen LogP contribution in [0.3, 0.4) is 0 Å². The highest BCUT2D eigenvalue weighted by Crippen LogP contribution is 2.30. The second-order valence-electron chi connectivity index (χ2n) is 6.82. The Labute approximate surface area is 183 Å². The third kappa shape index (κ3) is 4.27. The summed E-state index contributed by atoms with van der Waals surface area (Å²) in [4.78, 5) is 31.8. The van der Waals surface area contributed by atoms with E-state index in [9.17, 15) is 4.79 Å². The monoisotopic (exact) mass is 440 g/mol. The van der Waals surface area contributed by atoms with Crippen LogP contribution in [0.1, 0.15) is 29.4 Å². The van der Waals surface area contributed by atoms with Crippen LogP contribution in [0.25, 0.3) is 5.57 Å². The van der Waals surface area contributed by atoms with E-state index in [2.05, 4.69) is 37.1 Å². The van der Waals surface area contributed by atoms with Crippen LogP contribution in [0.2, 0.25) is 10.2 Å². The Hall–Kier alpha value is -3.03. The van der Waals surface area contributed by atoms with Gasteiger partial charge in [-0.25, -0.2) is 15.0 Å². The van der Waals surface area contributed by atoms with Gasteiger partial charge in [-0.1, -0.05) is 40.9 Å². The molecule has 152 valence electrons. The minimum absolute atomic E-state index is 0.334. The van der Waals surface area contributed by atoms with Crippen molar-refractivity contribution in [2.45, 2.75) is 13.3 Å². The maximum atomic E-state index is 12.4. The Balaban J connectivity index is 1.51. The summed E-state index contributed by atoms with van der Waals surface area (Å²) in [6.45, 7) is 3.48. The first kappa shape index (κ1) is 20.3. The third-order valence-electron chi connectivity index (χ3n) is 4.88. The van der Waals surface area contributed by atoms with E-state index in [0.717, 1.165) is 24.2 Å². The number of halogens is 2. The molecule has 4 rings (SSSR count). The molecule has 0 atom stereocenters. The van der Waals surface area contributed by atoms with Gasteiger partial charge in [0, 0.05) is 25.5 Å². The quantitative estimate of drug-likeness (QED) is 0.642. The second-order valence-corrected chi connectivity index (χ2v) is 7.59. The Morgan fingerprint density at radius 3 is 2.60 bits per heavy atom. The highest BCUT2D eigenvalue weighted by atomic mass is 35.5. The molecule has 1 aliphatic rings. The number of aromatic nitrogens is 4. The lowest BCUT2D eigenvalue weighted by atomic mass is 9.99. The van der Waals surface area contributed by atoms with Crippen molar-refractivity contribution >= 4 is 46.3 Å². The van der Waals surface area contributed by atoms with E-state index < -0.39 is 0 Å². The van der Waals surface area contributed by atoms with E-state index in [4.69, 9.17) is 23.2 Å². The molecule has 1 aromatic carbocycles. The SMILES string of the molecule is CC1=C(c2cnc(NC(=O)c3ccccc3Cl)cn2)CN(c2nccnc2Cl)CC1. The lowest BCUT2D eigenvalue weighted by Crippen LogP contribution is -2.32. The summed E-state index contributed by atoms with van der Waals surface area (Å²) in [6, 6.07) is 6.84. The first-order valence-corrected chi connectivity index (χ1v) is 10.1. The zero-order valence-corrected chi connectivity index (χ0v) is 17.7. The molecule has 30 heavy (non-hydrogen) atoms. The van der Waals surface area contributed by atoms with Crippen molar-refractivity contribution in [3.63, 3.8) is 0 Å². The fourth-order valence-corrected chi connectivity index (χ4v) is 3.69. The van der Waals surface area contributed by atoms with E-state index >= 15 is 0 Å². The number of nitrogens with one attached hydrogen (secondary N) is 1. The van der Waals surface area contributed by atoms with E-state index in [-0.39, 0.29) is 5.91 Å². The molecule has 0 bridgehead atoms. The van der Waals surface area contributed by atoms with Gasteiger partial charge in [0.2, 0.25) is 0 Å². The van der Waals surface area contributed by atoms with Gasteiger partial charge in [-0.3, -0.25) is 9.78 Å². The van der Waals surface area contributed by atoms with Crippen molar-refractivity contribution in [3.8, 4) is 0 Å². The molecule has 7 nitrogen and oxygen atoms in total. The smallest absolute Gasteiger partial charge is 0.258 e. The third-order valence-corrected chi connectivity index (χ3v) is 5.47. The highest BCUT2D eigenvalue weighted by Gasteiger charge is 2.22. The van der Waals surface area contributed by atoms with Crippen LogP contribution in [0.4, 0.5) is 11.6 Å². The van der Waals surface area contributed by atoms with Gasteiger partial charge < -0.3 is 10.2 Å². The standard InChI is InChI=1S/C21H18Cl2N6O/c1-13-6-9-29(20-19(23)24-7-8-25-20)12-15(13)17-10-27-18(11-26-17)28-21(30)14-4-2-3-5-16(14)22/h2-5,7-8,10-11H,6,9,12H2,1H3,(H,27,28,30). The minimum atomic E-state index is -0.334. The van der Waals surface area contributed by atoms with Gasteiger partial charge in [0.25, 0.3) is 5.91 Å². The summed E-state index contributed by atoms with van der Waals surface area (Å²) in [7, 11) is 0. The van der Waals surface area contributed by atoms with Crippen molar-refractivity contribution in [3.05, 3.63) is 76.1 Å². The number of rotatable bonds is 4. The molecule has 0 fully saturated rings. The summed E-state index contributed by atoms with van der Waals surface area (Å²) < 4.78 is 0. The zero-order chi connectivity index (χ0) is 21.1. The largest absolute Gasteiger partial charge is 0.349 e. The number of anilines is 2. The maximum absolute atomic E-state index is 12.4. The molecule has 0 saturated carbocycles. The topological polar surface area (TPSA) is 83.9 Å². The number of carbonyl (C=O) groups is 1.